The first-order valence-electron chi connectivity index (χ1n) is 12.0. The van der Waals surface area contributed by atoms with E-state index < -0.39 is 23.8 Å². The van der Waals surface area contributed by atoms with E-state index in [9.17, 15) is 14.7 Å². The molecule has 188 valence electrons. The van der Waals surface area contributed by atoms with E-state index in [-0.39, 0.29) is 0 Å². The van der Waals surface area contributed by atoms with Crippen LogP contribution in [0.4, 0.5) is 10.5 Å². The number of carbonyl (C=O) groups excluding carboxylic acids is 1. The number of hydrogen-bond donors (Lipinski definition) is 2. The number of carbonyl (C=O) groups is 2. The lowest BCUT2D eigenvalue weighted by atomic mass is 10.0. The minimum Gasteiger partial charge on any atom is -0.478 e. The molecule has 1 aromatic heterocycles. The Morgan fingerprint density at radius 3 is 2.14 bits per heavy atom. The van der Waals surface area contributed by atoms with Crippen molar-refractivity contribution in [1.29, 1.82) is 0 Å². The molecule has 4 aromatic rings. The van der Waals surface area contributed by atoms with Crippen LogP contribution in [0.1, 0.15) is 37.1 Å². The molecule has 1 unspecified atom stereocenters. The first kappa shape index (κ1) is 24.1. The molecule has 1 aliphatic carbocycles. The van der Waals surface area contributed by atoms with Gasteiger partial charge in [-0.1, -0.05) is 71.9 Å². The number of rotatable bonds is 8. The predicted octanol–water partition coefficient (Wildman–Crippen LogP) is 6.62. The number of aromatic nitrogens is 1. The average Bonchev–Trinajstić information content (AvgIpc) is 3.61. The number of carboxylic acid groups (broad SMARTS) is 1. The normalized spacial score (nSPS) is 14.4. The van der Waals surface area contributed by atoms with Crippen molar-refractivity contribution in [3.63, 3.8) is 0 Å². The second kappa shape index (κ2) is 9.81. The fourth-order valence-electron chi connectivity index (χ4n) is 4.03. The fourth-order valence-corrected chi connectivity index (χ4v) is 4.03. The third kappa shape index (κ3) is 5.18. The molecule has 2 N–H and O–H groups in total. The van der Waals surface area contributed by atoms with E-state index in [0.29, 0.717) is 35.7 Å². The first-order chi connectivity index (χ1) is 17.8. The summed E-state index contributed by atoms with van der Waals surface area (Å²) in [4.78, 5) is 23.9. The summed E-state index contributed by atoms with van der Waals surface area (Å²) in [5.74, 6) is 0.0322. The van der Waals surface area contributed by atoms with E-state index in [1.54, 1.807) is 19.1 Å². The summed E-state index contributed by atoms with van der Waals surface area (Å²) in [6.07, 6.45) is 0.0270. The van der Waals surface area contributed by atoms with E-state index in [0.717, 1.165) is 22.3 Å². The molecule has 0 saturated heterocycles. The summed E-state index contributed by atoms with van der Waals surface area (Å²) in [5, 5.41) is 16.1. The van der Waals surface area contributed by atoms with Crippen molar-refractivity contribution in [3.8, 4) is 28.2 Å². The minimum atomic E-state index is -1.07. The standard InChI is InChI=1S/C29H26N2O6/c1-18-25(30-28(34)35-19(2)20-6-4-3-5-7-20)26(37-31-18)23-10-8-21(9-11-23)22-12-14-24(15-13-22)36-29(16-17-29)27(32)33/h3-15,19H,16-17H2,1-2H3,(H,30,34)(H,32,33). The molecule has 0 radical (unpaired) electrons. The molecule has 5 rings (SSSR count). The molecular weight excluding hydrogens is 472 g/mol. The summed E-state index contributed by atoms with van der Waals surface area (Å²) in [6, 6.07) is 24.4. The summed E-state index contributed by atoms with van der Waals surface area (Å²) in [7, 11) is 0. The van der Waals surface area contributed by atoms with Gasteiger partial charge >= 0.3 is 12.1 Å². The van der Waals surface area contributed by atoms with Crippen LogP contribution < -0.4 is 10.1 Å². The van der Waals surface area contributed by atoms with Gasteiger partial charge in [0.15, 0.2) is 5.76 Å². The van der Waals surface area contributed by atoms with Gasteiger partial charge in [0.25, 0.3) is 0 Å². The highest BCUT2D eigenvalue weighted by atomic mass is 16.6. The molecular formula is C29H26N2O6. The van der Waals surface area contributed by atoms with Crippen molar-refractivity contribution in [3.05, 3.63) is 90.1 Å². The van der Waals surface area contributed by atoms with Crippen molar-refractivity contribution in [1.82, 2.24) is 5.16 Å². The van der Waals surface area contributed by atoms with Gasteiger partial charge in [0.1, 0.15) is 23.2 Å². The monoisotopic (exact) mass is 498 g/mol. The van der Waals surface area contributed by atoms with Crippen molar-refractivity contribution in [2.45, 2.75) is 38.4 Å². The number of anilines is 1. The van der Waals surface area contributed by atoms with Crippen molar-refractivity contribution in [2.24, 2.45) is 0 Å². The second-order valence-corrected chi connectivity index (χ2v) is 9.06. The van der Waals surface area contributed by atoms with Crippen LogP contribution in [-0.2, 0) is 9.53 Å². The maximum atomic E-state index is 12.6. The number of carboxylic acids is 1. The number of nitrogens with one attached hydrogen (secondary N) is 1. The van der Waals surface area contributed by atoms with E-state index in [1.165, 1.54) is 0 Å². The Hall–Kier alpha value is -4.59. The summed E-state index contributed by atoms with van der Waals surface area (Å²) in [6.45, 7) is 3.56. The van der Waals surface area contributed by atoms with Crippen LogP contribution in [0.2, 0.25) is 0 Å². The molecule has 1 saturated carbocycles. The van der Waals surface area contributed by atoms with Crippen LogP contribution in [0.3, 0.4) is 0 Å². The molecule has 8 heteroatoms. The summed E-state index contributed by atoms with van der Waals surface area (Å²) < 4.78 is 16.7. The Morgan fingerprint density at radius 1 is 0.946 bits per heavy atom. The zero-order chi connectivity index (χ0) is 26.0. The van der Waals surface area contributed by atoms with Gasteiger partial charge in [0.2, 0.25) is 5.60 Å². The van der Waals surface area contributed by atoms with Crippen LogP contribution in [0.5, 0.6) is 5.75 Å². The Morgan fingerprint density at radius 2 is 1.54 bits per heavy atom. The van der Waals surface area contributed by atoms with Crippen LogP contribution >= 0.6 is 0 Å². The van der Waals surface area contributed by atoms with Crippen LogP contribution in [0, 0.1) is 6.92 Å². The topological polar surface area (TPSA) is 111 Å². The molecule has 1 amide bonds. The highest BCUT2D eigenvalue weighted by molar-refractivity contribution is 5.91. The number of aliphatic carboxylic acids is 1. The maximum absolute atomic E-state index is 12.6. The number of aryl methyl sites for hydroxylation is 1. The molecule has 1 fully saturated rings. The lowest BCUT2D eigenvalue weighted by molar-refractivity contribution is -0.147. The molecule has 37 heavy (non-hydrogen) atoms. The fraction of sp³-hybridized carbons (Fsp3) is 0.207. The predicted molar refractivity (Wildman–Crippen MR) is 137 cm³/mol. The van der Waals surface area contributed by atoms with E-state index >= 15 is 0 Å². The molecule has 1 atom stereocenters. The molecule has 8 nitrogen and oxygen atoms in total. The Labute approximate surface area is 213 Å². The van der Waals surface area contributed by atoms with Gasteiger partial charge in [-0.3, -0.25) is 5.32 Å². The molecule has 0 aliphatic heterocycles. The quantitative estimate of drug-likeness (QED) is 0.281. The van der Waals surface area contributed by atoms with Gasteiger partial charge in [-0.05, 0) is 42.7 Å². The minimum absolute atomic E-state index is 0.417. The summed E-state index contributed by atoms with van der Waals surface area (Å²) >= 11 is 0. The molecule has 1 heterocycles. The first-order valence-corrected chi connectivity index (χ1v) is 12.0. The van der Waals surface area contributed by atoms with Crippen LogP contribution in [0.25, 0.3) is 22.5 Å². The number of benzene rings is 3. The highest BCUT2D eigenvalue weighted by Crippen LogP contribution is 2.41. The summed E-state index contributed by atoms with van der Waals surface area (Å²) in [5.41, 5.74) is 3.45. The van der Waals surface area contributed by atoms with Gasteiger partial charge in [0.05, 0.1) is 0 Å². The largest absolute Gasteiger partial charge is 0.478 e. The van der Waals surface area contributed by atoms with Crippen LogP contribution in [-0.4, -0.2) is 27.9 Å². The third-order valence-corrected chi connectivity index (χ3v) is 6.38. The zero-order valence-electron chi connectivity index (χ0n) is 20.4. The smallest absolute Gasteiger partial charge is 0.412 e. The molecule has 3 aromatic carbocycles. The van der Waals surface area contributed by atoms with Gasteiger partial charge in [-0.15, -0.1) is 0 Å². The number of amides is 1. The van der Waals surface area contributed by atoms with Gasteiger partial charge in [0, 0.05) is 18.4 Å². The van der Waals surface area contributed by atoms with Crippen molar-refractivity contribution < 1.29 is 28.7 Å². The lowest BCUT2D eigenvalue weighted by Crippen LogP contribution is -2.28. The number of nitrogens with zero attached hydrogens (tertiary/aromatic N) is 1. The third-order valence-electron chi connectivity index (χ3n) is 6.38. The van der Waals surface area contributed by atoms with Crippen molar-refractivity contribution >= 4 is 17.7 Å². The average molecular weight is 499 g/mol. The van der Waals surface area contributed by atoms with Gasteiger partial charge in [-0.25, -0.2) is 9.59 Å². The van der Waals surface area contributed by atoms with E-state index in [2.05, 4.69) is 10.5 Å². The lowest BCUT2D eigenvalue weighted by Gasteiger charge is -2.14. The van der Waals surface area contributed by atoms with Gasteiger partial charge in [-0.2, -0.15) is 0 Å². The molecule has 1 aliphatic rings. The Kier molecular flexibility index (Phi) is 6.40. The molecule has 0 bridgehead atoms. The van der Waals surface area contributed by atoms with E-state index in [4.69, 9.17) is 14.0 Å². The molecule has 0 spiro atoms. The van der Waals surface area contributed by atoms with Crippen molar-refractivity contribution in [2.75, 3.05) is 5.32 Å². The number of ether oxygens (including phenoxy) is 2. The Bertz CT molecular complexity index is 1410. The van der Waals surface area contributed by atoms with Crippen LogP contribution in [0.15, 0.2) is 83.4 Å². The Balaban J connectivity index is 1.27. The van der Waals surface area contributed by atoms with Gasteiger partial charge < -0.3 is 19.1 Å². The number of hydrogen-bond acceptors (Lipinski definition) is 6. The SMILES string of the molecule is Cc1noc(-c2ccc(-c3ccc(OC4(C(=O)O)CC4)cc3)cc2)c1NC(=O)OC(C)c1ccccc1. The second-order valence-electron chi connectivity index (χ2n) is 9.06. The maximum Gasteiger partial charge on any atom is 0.412 e. The highest BCUT2D eigenvalue weighted by Gasteiger charge is 2.53. The van der Waals surface area contributed by atoms with E-state index in [1.807, 2.05) is 73.7 Å². The zero-order valence-corrected chi connectivity index (χ0v) is 20.4.